The summed E-state index contributed by atoms with van der Waals surface area (Å²) in [5.41, 5.74) is 1.68. The van der Waals surface area contributed by atoms with E-state index in [-0.39, 0.29) is 11.5 Å². The molecule has 2 aromatic rings. The molecular formula is C13H16N6O2. The summed E-state index contributed by atoms with van der Waals surface area (Å²) in [7, 11) is 0. The molecule has 8 heteroatoms. The lowest BCUT2D eigenvalue weighted by Crippen LogP contribution is -2.09. The van der Waals surface area contributed by atoms with Gasteiger partial charge in [0.1, 0.15) is 6.20 Å². The van der Waals surface area contributed by atoms with E-state index in [1.54, 1.807) is 6.20 Å². The summed E-state index contributed by atoms with van der Waals surface area (Å²) in [6, 6.07) is 3.79. The third-order valence-corrected chi connectivity index (χ3v) is 2.73. The van der Waals surface area contributed by atoms with Crippen LogP contribution in [0, 0.1) is 17.0 Å². The summed E-state index contributed by atoms with van der Waals surface area (Å²) in [4.78, 5) is 22.7. The van der Waals surface area contributed by atoms with Crippen LogP contribution in [0.3, 0.4) is 0 Å². The Labute approximate surface area is 121 Å². The molecule has 0 atom stereocenters. The first-order valence-corrected chi connectivity index (χ1v) is 6.51. The third kappa shape index (κ3) is 3.85. The molecule has 0 unspecified atom stereocenters. The zero-order chi connectivity index (χ0) is 15.2. The number of nitrogens with one attached hydrogen (secondary N) is 2. The Hall–Kier alpha value is -2.77. The highest BCUT2D eigenvalue weighted by Crippen LogP contribution is 2.22. The first-order chi connectivity index (χ1) is 10.1. The van der Waals surface area contributed by atoms with Crippen LogP contribution in [0.5, 0.6) is 0 Å². The highest BCUT2D eigenvalue weighted by Gasteiger charge is 2.16. The predicted octanol–water partition coefficient (Wildman–Crippen LogP) is 2.13. The van der Waals surface area contributed by atoms with Gasteiger partial charge in [0.05, 0.1) is 4.92 Å². The minimum Gasteiger partial charge on any atom is -0.360 e. The Morgan fingerprint density at radius 1 is 1.24 bits per heavy atom. The van der Waals surface area contributed by atoms with E-state index in [0.29, 0.717) is 19.0 Å². The van der Waals surface area contributed by atoms with Gasteiger partial charge in [-0.1, -0.05) is 6.07 Å². The van der Waals surface area contributed by atoms with Crippen molar-refractivity contribution in [3.05, 3.63) is 45.9 Å². The van der Waals surface area contributed by atoms with Crippen LogP contribution in [-0.4, -0.2) is 26.4 Å². The van der Waals surface area contributed by atoms with E-state index in [1.807, 2.05) is 26.0 Å². The minimum absolute atomic E-state index is 0.156. The highest BCUT2D eigenvalue weighted by atomic mass is 16.6. The Morgan fingerprint density at radius 3 is 2.67 bits per heavy atom. The number of nitro groups is 1. The van der Waals surface area contributed by atoms with Gasteiger partial charge >= 0.3 is 5.69 Å². The molecular weight excluding hydrogens is 272 g/mol. The van der Waals surface area contributed by atoms with Crippen molar-refractivity contribution in [2.45, 2.75) is 20.4 Å². The molecule has 0 saturated carbocycles. The fraction of sp³-hybridized carbons (Fsp3) is 0.308. The van der Waals surface area contributed by atoms with Crippen LogP contribution in [0.1, 0.15) is 18.2 Å². The third-order valence-electron chi connectivity index (χ3n) is 2.73. The quantitative estimate of drug-likeness (QED) is 0.619. The van der Waals surface area contributed by atoms with Gasteiger partial charge in [0, 0.05) is 25.0 Å². The lowest BCUT2D eigenvalue weighted by Gasteiger charge is -2.08. The van der Waals surface area contributed by atoms with Crippen molar-refractivity contribution in [1.82, 2.24) is 15.0 Å². The number of rotatable bonds is 6. The minimum atomic E-state index is -0.508. The highest BCUT2D eigenvalue weighted by molar-refractivity contribution is 5.57. The molecule has 0 saturated heterocycles. The molecule has 2 heterocycles. The molecule has 21 heavy (non-hydrogen) atoms. The van der Waals surface area contributed by atoms with Gasteiger partial charge in [0.2, 0.25) is 11.8 Å². The summed E-state index contributed by atoms with van der Waals surface area (Å²) in [5, 5.41) is 16.9. The van der Waals surface area contributed by atoms with Crippen LogP contribution in [0.25, 0.3) is 0 Å². The van der Waals surface area contributed by atoms with Gasteiger partial charge in [-0.2, -0.15) is 4.98 Å². The Balaban J connectivity index is 2.18. The van der Waals surface area contributed by atoms with E-state index in [1.165, 1.54) is 6.20 Å². The van der Waals surface area contributed by atoms with Crippen LogP contribution in [0.2, 0.25) is 0 Å². The Kier molecular flexibility index (Phi) is 4.60. The molecule has 2 aromatic heterocycles. The van der Waals surface area contributed by atoms with Crippen molar-refractivity contribution in [2.75, 3.05) is 17.2 Å². The summed E-state index contributed by atoms with van der Waals surface area (Å²) in [6.45, 7) is 4.83. The molecule has 0 radical (unpaired) electrons. The maximum atomic E-state index is 11.0. The van der Waals surface area contributed by atoms with E-state index in [2.05, 4.69) is 25.6 Å². The van der Waals surface area contributed by atoms with Gasteiger partial charge in [-0.05, 0) is 25.5 Å². The van der Waals surface area contributed by atoms with Gasteiger partial charge in [-0.3, -0.25) is 15.1 Å². The lowest BCUT2D eigenvalue weighted by molar-refractivity contribution is -0.384. The van der Waals surface area contributed by atoms with Gasteiger partial charge in [0.15, 0.2) is 0 Å². The molecule has 0 aliphatic rings. The summed E-state index contributed by atoms with van der Waals surface area (Å²) >= 11 is 0. The predicted molar refractivity (Wildman–Crippen MR) is 79.2 cm³/mol. The van der Waals surface area contributed by atoms with Gasteiger partial charge in [-0.25, -0.2) is 4.98 Å². The van der Waals surface area contributed by atoms with Crippen LogP contribution >= 0.6 is 0 Å². The Bertz CT molecular complexity index is 629. The maximum Gasteiger partial charge on any atom is 0.329 e. The number of pyridine rings is 1. The summed E-state index contributed by atoms with van der Waals surface area (Å²) in [6.07, 6.45) is 2.92. The zero-order valence-corrected chi connectivity index (χ0v) is 11.8. The first-order valence-electron chi connectivity index (χ1n) is 6.51. The second-order valence-corrected chi connectivity index (χ2v) is 4.38. The van der Waals surface area contributed by atoms with Crippen molar-refractivity contribution >= 4 is 17.5 Å². The molecule has 8 nitrogen and oxygen atoms in total. The largest absolute Gasteiger partial charge is 0.360 e. The number of hydrogen-bond donors (Lipinski definition) is 2. The number of aromatic nitrogens is 3. The number of anilines is 2. The SMILES string of the molecule is CCNc1ncc([N+](=O)[O-])c(NCc2ccc(C)nc2)n1. The molecule has 0 aliphatic heterocycles. The molecule has 2 rings (SSSR count). The first kappa shape index (κ1) is 14.6. The van der Waals surface area contributed by atoms with Crippen molar-refractivity contribution < 1.29 is 4.92 Å². The van der Waals surface area contributed by atoms with Crippen LogP contribution in [-0.2, 0) is 6.54 Å². The van der Waals surface area contributed by atoms with Gasteiger partial charge in [0.25, 0.3) is 0 Å². The van der Waals surface area contributed by atoms with E-state index >= 15 is 0 Å². The Morgan fingerprint density at radius 2 is 2.05 bits per heavy atom. The van der Waals surface area contributed by atoms with Crippen molar-refractivity contribution in [3.63, 3.8) is 0 Å². The fourth-order valence-corrected chi connectivity index (χ4v) is 1.67. The molecule has 0 aromatic carbocycles. The average molecular weight is 288 g/mol. The molecule has 0 fully saturated rings. The summed E-state index contributed by atoms with van der Waals surface area (Å²) < 4.78 is 0. The van der Waals surface area contributed by atoms with Gasteiger partial charge in [-0.15, -0.1) is 0 Å². The van der Waals surface area contributed by atoms with Gasteiger partial charge < -0.3 is 10.6 Å². The molecule has 0 bridgehead atoms. The van der Waals surface area contributed by atoms with E-state index in [4.69, 9.17) is 0 Å². The molecule has 0 amide bonds. The molecule has 110 valence electrons. The van der Waals surface area contributed by atoms with Crippen LogP contribution < -0.4 is 10.6 Å². The molecule has 0 spiro atoms. The van der Waals surface area contributed by atoms with Crippen LogP contribution in [0.4, 0.5) is 17.5 Å². The molecule has 0 aliphatic carbocycles. The normalized spacial score (nSPS) is 10.2. The van der Waals surface area contributed by atoms with E-state index in [9.17, 15) is 10.1 Å². The summed E-state index contributed by atoms with van der Waals surface area (Å²) in [5.74, 6) is 0.541. The number of nitrogens with zero attached hydrogens (tertiary/aromatic N) is 4. The lowest BCUT2D eigenvalue weighted by atomic mass is 10.2. The zero-order valence-electron chi connectivity index (χ0n) is 11.8. The van der Waals surface area contributed by atoms with Crippen molar-refractivity contribution in [1.29, 1.82) is 0 Å². The van der Waals surface area contributed by atoms with Crippen molar-refractivity contribution in [3.8, 4) is 0 Å². The monoisotopic (exact) mass is 288 g/mol. The second kappa shape index (κ2) is 6.60. The number of hydrogen-bond acceptors (Lipinski definition) is 7. The van der Waals surface area contributed by atoms with E-state index in [0.717, 1.165) is 11.3 Å². The standard InChI is InChI=1S/C13H16N6O2/c1-3-14-13-17-8-11(19(20)21)12(18-13)16-7-10-5-4-9(2)15-6-10/h4-6,8H,3,7H2,1-2H3,(H2,14,16,17,18). The second-order valence-electron chi connectivity index (χ2n) is 4.38. The topological polar surface area (TPSA) is 106 Å². The smallest absolute Gasteiger partial charge is 0.329 e. The average Bonchev–Trinajstić information content (AvgIpc) is 2.47. The number of aryl methyl sites for hydroxylation is 1. The van der Waals surface area contributed by atoms with Crippen LogP contribution in [0.15, 0.2) is 24.5 Å². The fourth-order valence-electron chi connectivity index (χ4n) is 1.67. The van der Waals surface area contributed by atoms with E-state index < -0.39 is 4.92 Å². The maximum absolute atomic E-state index is 11.0. The van der Waals surface area contributed by atoms with Crippen molar-refractivity contribution in [2.24, 2.45) is 0 Å². The molecule has 2 N–H and O–H groups in total.